The highest BCUT2D eigenvalue weighted by Crippen LogP contribution is 2.24. The molecule has 2 fully saturated rings. The minimum atomic E-state index is -0.563. The van der Waals surface area contributed by atoms with Crippen molar-refractivity contribution < 1.29 is 19.1 Å². The number of carbonyl (C=O) groups excluding carboxylic acids is 3. The molecule has 0 saturated heterocycles. The Morgan fingerprint density at radius 1 is 0.958 bits per heavy atom. The van der Waals surface area contributed by atoms with E-state index in [4.69, 9.17) is 4.74 Å². The minimum Gasteiger partial charge on any atom is -0.454 e. The van der Waals surface area contributed by atoms with Crippen molar-refractivity contribution in [3.05, 3.63) is 0 Å². The summed E-state index contributed by atoms with van der Waals surface area (Å²) in [6.45, 7) is 1.79. The second-order valence-corrected chi connectivity index (χ2v) is 7.24. The van der Waals surface area contributed by atoms with Gasteiger partial charge in [-0.2, -0.15) is 0 Å². The average molecular weight is 338 g/mol. The molecule has 2 aliphatic rings. The van der Waals surface area contributed by atoms with Crippen molar-refractivity contribution in [3.63, 3.8) is 0 Å². The fourth-order valence-corrected chi connectivity index (χ4v) is 3.54. The Balaban J connectivity index is 1.57. The molecule has 136 valence electrons. The van der Waals surface area contributed by atoms with Crippen molar-refractivity contribution >= 4 is 17.8 Å². The van der Waals surface area contributed by atoms with Crippen LogP contribution in [0.2, 0.25) is 0 Å². The molecule has 0 bridgehead atoms. The average Bonchev–Trinajstić information content (AvgIpc) is 2.60. The summed E-state index contributed by atoms with van der Waals surface area (Å²) in [6.07, 6.45) is 9.32. The van der Waals surface area contributed by atoms with E-state index in [0.29, 0.717) is 0 Å². The van der Waals surface area contributed by atoms with E-state index in [0.717, 1.165) is 57.3 Å². The van der Waals surface area contributed by atoms with E-state index in [2.05, 4.69) is 17.6 Å². The van der Waals surface area contributed by atoms with E-state index in [1.165, 1.54) is 6.42 Å². The van der Waals surface area contributed by atoms with E-state index < -0.39 is 5.97 Å². The first kappa shape index (κ1) is 18.7. The standard InChI is InChI=1S/C18H30N2O4/c1-13-7-9-15(10-8-13)20-16(21)12-24-17(22)11-19-18(23)14-5-3-2-4-6-14/h13-15H,2-12H2,1H3,(H,19,23)(H,20,21). The fraction of sp³-hybridized carbons (Fsp3) is 0.833. The van der Waals surface area contributed by atoms with Crippen LogP contribution < -0.4 is 10.6 Å². The minimum absolute atomic E-state index is 0.0172. The van der Waals surface area contributed by atoms with Crippen LogP contribution in [-0.4, -0.2) is 37.0 Å². The van der Waals surface area contributed by atoms with Gasteiger partial charge < -0.3 is 15.4 Å². The largest absolute Gasteiger partial charge is 0.454 e. The lowest BCUT2D eigenvalue weighted by molar-refractivity contribution is -0.148. The van der Waals surface area contributed by atoms with Crippen LogP contribution in [0.15, 0.2) is 0 Å². The van der Waals surface area contributed by atoms with Crippen LogP contribution >= 0.6 is 0 Å². The van der Waals surface area contributed by atoms with Crippen LogP contribution in [0.1, 0.15) is 64.7 Å². The third kappa shape index (κ3) is 6.49. The first-order chi connectivity index (χ1) is 11.5. The first-order valence-corrected chi connectivity index (χ1v) is 9.27. The number of rotatable bonds is 6. The summed E-state index contributed by atoms with van der Waals surface area (Å²) in [6, 6.07) is 0.193. The number of esters is 1. The van der Waals surface area contributed by atoms with Crippen LogP contribution in [0, 0.1) is 11.8 Å². The number of hydrogen-bond donors (Lipinski definition) is 2. The molecule has 0 heterocycles. The Morgan fingerprint density at radius 3 is 2.29 bits per heavy atom. The molecule has 6 heteroatoms. The first-order valence-electron chi connectivity index (χ1n) is 9.27. The monoisotopic (exact) mass is 338 g/mol. The molecular formula is C18H30N2O4. The van der Waals surface area contributed by atoms with Gasteiger partial charge in [0, 0.05) is 12.0 Å². The van der Waals surface area contributed by atoms with Gasteiger partial charge in [-0.15, -0.1) is 0 Å². The molecule has 0 aromatic carbocycles. The van der Waals surface area contributed by atoms with Gasteiger partial charge in [-0.05, 0) is 44.4 Å². The Bertz CT molecular complexity index is 438. The van der Waals surface area contributed by atoms with Crippen molar-refractivity contribution in [2.24, 2.45) is 11.8 Å². The summed E-state index contributed by atoms with van der Waals surface area (Å²) in [5.41, 5.74) is 0. The topological polar surface area (TPSA) is 84.5 Å². The maximum atomic E-state index is 11.9. The van der Waals surface area contributed by atoms with Crippen LogP contribution in [0.3, 0.4) is 0 Å². The molecule has 2 rings (SSSR count). The van der Waals surface area contributed by atoms with Crippen LogP contribution in [0.4, 0.5) is 0 Å². The normalized spacial score (nSPS) is 24.9. The van der Waals surface area contributed by atoms with Gasteiger partial charge in [-0.3, -0.25) is 14.4 Å². The van der Waals surface area contributed by atoms with E-state index in [-0.39, 0.29) is 36.9 Å². The highest BCUT2D eigenvalue weighted by atomic mass is 16.5. The van der Waals surface area contributed by atoms with E-state index in [1.54, 1.807) is 0 Å². The number of ether oxygens (including phenoxy) is 1. The molecule has 0 spiro atoms. The molecule has 2 saturated carbocycles. The number of carbonyl (C=O) groups is 3. The lowest BCUT2D eigenvalue weighted by Crippen LogP contribution is -2.41. The zero-order valence-electron chi connectivity index (χ0n) is 14.6. The number of amides is 2. The van der Waals surface area contributed by atoms with E-state index in [1.807, 2.05) is 0 Å². The molecule has 2 aliphatic carbocycles. The Morgan fingerprint density at radius 2 is 1.62 bits per heavy atom. The van der Waals surface area contributed by atoms with Gasteiger partial charge in [0.15, 0.2) is 6.61 Å². The van der Waals surface area contributed by atoms with Gasteiger partial charge in [-0.1, -0.05) is 26.2 Å². The molecule has 2 N–H and O–H groups in total. The van der Waals surface area contributed by atoms with Gasteiger partial charge in [0.1, 0.15) is 6.54 Å². The second-order valence-electron chi connectivity index (χ2n) is 7.24. The molecule has 24 heavy (non-hydrogen) atoms. The van der Waals surface area contributed by atoms with Gasteiger partial charge in [-0.25, -0.2) is 0 Å². The Labute approximate surface area is 144 Å². The predicted octanol–water partition coefficient (Wildman–Crippen LogP) is 1.92. The third-order valence-electron chi connectivity index (χ3n) is 5.13. The van der Waals surface area contributed by atoms with Crippen molar-refractivity contribution in [2.45, 2.75) is 70.8 Å². The third-order valence-corrected chi connectivity index (χ3v) is 5.13. The van der Waals surface area contributed by atoms with E-state index >= 15 is 0 Å². The van der Waals surface area contributed by atoms with Gasteiger partial charge >= 0.3 is 5.97 Å². The molecular weight excluding hydrogens is 308 g/mol. The van der Waals surface area contributed by atoms with Crippen molar-refractivity contribution in [1.29, 1.82) is 0 Å². The maximum absolute atomic E-state index is 11.9. The van der Waals surface area contributed by atoms with Gasteiger partial charge in [0.05, 0.1) is 0 Å². The fourth-order valence-electron chi connectivity index (χ4n) is 3.54. The molecule has 0 unspecified atom stereocenters. The lowest BCUT2D eigenvalue weighted by atomic mass is 9.87. The summed E-state index contributed by atoms with van der Waals surface area (Å²) in [4.78, 5) is 35.4. The predicted molar refractivity (Wildman–Crippen MR) is 90.1 cm³/mol. The zero-order valence-corrected chi connectivity index (χ0v) is 14.6. The van der Waals surface area contributed by atoms with Gasteiger partial charge in [0.25, 0.3) is 5.91 Å². The molecule has 0 aromatic rings. The molecule has 0 radical (unpaired) electrons. The SMILES string of the molecule is CC1CCC(NC(=O)COC(=O)CNC(=O)C2CCCCC2)CC1. The summed E-state index contributed by atoms with van der Waals surface area (Å²) in [7, 11) is 0. The molecule has 0 aliphatic heterocycles. The number of nitrogens with one attached hydrogen (secondary N) is 2. The zero-order chi connectivity index (χ0) is 17.4. The Kier molecular flexibility index (Phi) is 7.53. The lowest BCUT2D eigenvalue weighted by Gasteiger charge is -2.26. The van der Waals surface area contributed by atoms with Crippen molar-refractivity contribution in [3.8, 4) is 0 Å². The second kappa shape index (κ2) is 9.64. The Hall–Kier alpha value is -1.59. The van der Waals surface area contributed by atoms with Crippen molar-refractivity contribution in [2.75, 3.05) is 13.2 Å². The van der Waals surface area contributed by atoms with Crippen molar-refractivity contribution in [1.82, 2.24) is 10.6 Å². The summed E-state index contributed by atoms with van der Waals surface area (Å²) in [5, 5.41) is 5.52. The summed E-state index contributed by atoms with van der Waals surface area (Å²) in [5.74, 6) is -0.159. The molecule has 0 aromatic heterocycles. The smallest absolute Gasteiger partial charge is 0.325 e. The quantitative estimate of drug-likeness (QED) is 0.725. The molecule has 6 nitrogen and oxygen atoms in total. The summed E-state index contributed by atoms with van der Waals surface area (Å²) < 4.78 is 4.94. The van der Waals surface area contributed by atoms with Gasteiger partial charge in [0.2, 0.25) is 5.91 Å². The molecule has 2 amide bonds. The van der Waals surface area contributed by atoms with Crippen LogP contribution in [0.25, 0.3) is 0 Å². The summed E-state index contributed by atoms with van der Waals surface area (Å²) >= 11 is 0. The highest BCUT2D eigenvalue weighted by Gasteiger charge is 2.22. The maximum Gasteiger partial charge on any atom is 0.325 e. The molecule has 0 atom stereocenters. The van der Waals surface area contributed by atoms with Crippen LogP contribution in [-0.2, 0) is 19.1 Å². The highest BCUT2D eigenvalue weighted by molar-refractivity contribution is 5.85. The number of hydrogen-bond acceptors (Lipinski definition) is 4. The van der Waals surface area contributed by atoms with Crippen LogP contribution in [0.5, 0.6) is 0 Å². The van der Waals surface area contributed by atoms with E-state index in [9.17, 15) is 14.4 Å².